The van der Waals surface area contributed by atoms with E-state index in [0.29, 0.717) is 5.41 Å². The van der Waals surface area contributed by atoms with E-state index < -0.39 is 0 Å². The molecule has 9 heavy (non-hydrogen) atoms. The van der Waals surface area contributed by atoms with E-state index in [0.717, 1.165) is 0 Å². The van der Waals surface area contributed by atoms with Crippen molar-refractivity contribution < 1.29 is 0 Å². The van der Waals surface area contributed by atoms with Crippen LogP contribution in [0.3, 0.4) is 0 Å². The maximum absolute atomic E-state index is 3.34. The third-order valence-corrected chi connectivity index (χ3v) is 1.96. The first-order chi connectivity index (χ1) is 3.71. The average molecular weight is 129 g/mol. The van der Waals surface area contributed by atoms with Crippen LogP contribution in [0, 0.1) is 5.41 Å². The molecular weight excluding hydrogens is 110 g/mol. The van der Waals surface area contributed by atoms with Crippen LogP contribution in [0.25, 0.3) is 0 Å². The van der Waals surface area contributed by atoms with Crippen molar-refractivity contribution in [2.75, 3.05) is 13.1 Å². The second kappa shape index (κ2) is 3.21. The van der Waals surface area contributed by atoms with Crippen molar-refractivity contribution in [3.8, 4) is 0 Å². The maximum atomic E-state index is 3.34. The Hall–Kier alpha value is -0.0400. The Labute approximate surface area is 58.8 Å². The molecule has 0 radical (unpaired) electrons. The third-order valence-electron chi connectivity index (χ3n) is 1.96. The average Bonchev–Trinajstić information content (AvgIpc) is 1.65. The van der Waals surface area contributed by atoms with Gasteiger partial charge in [0, 0.05) is 0 Å². The Morgan fingerprint density at radius 3 is 1.78 bits per heavy atom. The monoisotopic (exact) mass is 129 g/mol. The van der Waals surface area contributed by atoms with E-state index in [9.17, 15) is 0 Å². The van der Waals surface area contributed by atoms with Crippen molar-refractivity contribution >= 4 is 0 Å². The Balaban J connectivity index is 0.000000640. The first kappa shape index (κ1) is 8.96. The van der Waals surface area contributed by atoms with Gasteiger partial charge in [0.15, 0.2) is 0 Å². The molecule has 0 atom stereocenters. The van der Waals surface area contributed by atoms with Crippen molar-refractivity contribution in [2.45, 2.75) is 34.1 Å². The van der Waals surface area contributed by atoms with Crippen LogP contribution in [0.2, 0.25) is 0 Å². The summed E-state index contributed by atoms with van der Waals surface area (Å²) in [6.07, 6.45) is 2.68. The fourth-order valence-corrected chi connectivity index (χ4v) is 1.10. The molecule has 0 aliphatic carbocycles. The molecule has 0 spiro atoms. The van der Waals surface area contributed by atoms with E-state index in [-0.39, 0.29) is 7.43 Å². The first-order valence-corrected chi connectivity index (χ1v) is 3.41. The highest BCUT2D eigenvalue weighted by Crippen LogP contribution is 2.25. The number of hydrogen-bond donors (Lipinski definition) is 1. The van der Waals surface area contributed by atoms with Crippen molar-refractivity contribution in [1.82, 2.24) is 5.32 Å². The standard InChI is InChI=1S/C7H15N.CH4/c1-7(2)3-5-8-6-4-7;/h8H,3-6H2,1-2H3;1H4. The Bertz CT molecular complexity index is 68.6. The molecule has 0 unspecified atom stereocenters. The number of nitrogens with one attached hydrogen (secondary N) is 1. The van der Waals surface area contributed by atoms with Gasteiger partial charge in [0.05, 0.1) is 0 Å². The van der Waals surface area contributed by atoms with Crippen LogP contribution >= 0.6 is 0 Å². The molecule has 1 heterocycles. The zero-order valence-corrected chi connectivity index (χ0v) is 5.83. The van der Waals surface area contributed by atoms with Crippen molar-refractivity contribution in [3.05, 3.63) is 0 Å². The summed E-state index contributed by atoms with van der Waals surface area (Å²) >= 11 is 0. The van der Waals surface area contributed by atoms with Gasteiger partial charge >= 0.3 is 0 Å². The van der Waals surface area contributed by atoms with Crippen molar-refractivity contribution in [3.63, 3.8) is 0 Å². The van der Waals surface area contributed by atoms with Crippen LogP contribution in [-0.2, 0) is 0 Å². The fourth-order valence-electron chi connectivity index (χ4n) is 1.10. The smallest absolute Gasteiger partial charge is 0.00438 e. The first-order valence-electron chi connectivity index (χ1n) is 3.41. The zero-order valence-electron chi connectivity index (χ0n) is 5.83. The summed E-state index contributed by atoms with van der Waals surface area (Å²) in [5, 5.41) is 3.34. The minimum atomic E-state index is 0. The van der Waals surface area contributed by atoms with E-state index >= 15 is 0 Å². The van der Waals surface area contributed by atoms with Crippen LogP contribution in [0.5, 0.6) is 0 Å². The summed E-state index contributed by atoms with van der Waals surface area (Å²) < 4.78 is 0. The zero-order chi connectivity index (χ0) is 6.04. The van der Waals surface area contributed by atoms with E-state index in [4.69, 9.17) is 0 Å². The molecule has 1 saturated heterocycles. The lowest BCUT2D eigenvalue weighted by atomic mass is 9.83. The summed E-state index contributed by atoms with van der Waals surface area (Å²) in [6.45, 7) is 7.11. The molecule has 0 aromatic carbocycles. The van der Waals surface area contributed by atoms with E-state index in [2.05, 4.69) is 19.2 Å². The lowest BCUT2D eigenvalue weighted by molar-refractivity contribution is 0.259. The van der Waals surface area contributed by atoms with Crippen LogP contribution < -0.4 is 5.32 Å². The molecule has 56 valence electrons. The van der Waals surface area contributed by atoms with Crippen LogP contribution in [0.4, 0.5) is 0 Å². The Morgan fingerprint density at radius 2 is 1.56 bits per heavy atom. The van der Waals surface area contributed by atoms with Gasteiger partial charge in [0.25, 0.3) is 0 Å². The van der Waals surface area contributed by atoms with Gasteiger partial charge in [0.2, 0.25) is 0 Å². The molecular formula is C8H19N. The van der Waals surface area contributed by atoms with Crippen LogP contribution in [0.1, 0.15) is 34.1 Å². The highest BCUT2D eigenvalue weighted by Gasteiger charge is 2.19. The maximum Gasteiger partial charge on any atom is -0.00438 e. The van der Waals surface area contributed by atoms with Gasteiger partial charge in [-0.25, -0.2) is 0 Å². The molecule has 1 aliphatic rings. The lowest BCUT2D eigenvalue weighted by Crippen LogP contribution is -2.32. The summed E-state index contributed by atoms with van der Waals surface area (Å²) in [7, 11) is 0. The molecule has 1 rings (SSSR count). The summed E-state index contributed by atoms with van der Waals surface area (Å²) in [6, 6.07) is 0. The number of rotatable bonds is 0. The molecule has 0 amide bonds. The molecule has 0 aromatic rings. The van der Waals surface area contributed by atoms with Gasteiger partial charge in [-0.05, 0) is 31.3 Å². The SMILES string of the molecule is C.CC1(C)CCNCC1. The predicted molar refractivity (Wildman–Crippen MR) is 42.6 cm³/mol. The fraction of sp³-hybridized carbons (Fsp3) is 1.00. The predicted octanol–water partition coefficient (Wildman–Crippen LogP) is 2.03. The van der Waals surface area contributed by atoms with E-state index in [1.165, 1.54) is 25.9 Å². The van der Waals surface area contributed by atoms with Gasteiger partial charge in [-0.2, -0.15) is 0 Å². The quantitative estimate of drug-likeness (QED) is 0.527. The minimum absolute atomic E-state index is 0. The van der Waals surface area contributed by atoms with Gasteiger partial charge in [-0.1, -0.05) is 21.3 Å². The minimum Gasteiger partial charge on any atom is -0.317 e. The second-order valence-electron chi connectivity index (χ2n) is 3.41. The van der Waals surface area contributed by atoms with Crippen molar-refractivity contribution in [2.24, 2.45) is 5.41 Å². The van der Waals surface area contributed by atoms with Crippen molar-refractivity contribution in [1.29, 1.82) is 0 Å². The van der Waals surface area contributed by atoms with Gasteiger partial charge in [-0.15, -0.1) is 0 Å². The van der Waals surface area contributed by atoms with E-state index in [1.54, 1.807) is 0 Å². The second-order valence-corrected chi connectivity index (χ2v) is 3.41. The highest BCUT2D eigenvalue weighted by atomic mass is 14.9. The Kier molecular flexibility index (Phi) is 3.20. The van der Waals surface area contributed by atoms with E-state index in [1.807, 2.05) is 0 Å². The molecule has 1 aliphatic heterocycles. The molecule has 0 saturated carbocycles. The van der Waals surface area contributed by atoms with Crippen LogP contribution in [-0.4, -0.2) is 13.1 Å². The number of piperidine rings is 1. The summed E-state index contributed by atoms with van der Waals surface area (Å²) in [4.78, 5) is 0. The topological polar surface area (TPSA) is 12.0 Å². The van der Waals surface area contributed by atoms with Gasteiger partial charge in [-0.3, -0.25) is 0 Å². The molecule has 0 bridgehead atoms. The Morgan fingerprint density at radius 1 is 1.11 bits per heavy atom. The van der Waals surface area contributed by atoms with Gasteiger partial charge in [0.1, 0.15) is 0 Å². The van der Waals surface area contributed by atoms with Gasteiger partial charge < -0.3 is 5.32 Å². The largest absolute Gasteiger partial charge is 0.317 e. The molecule has 1 heteroatoms. The summed E-state index contributed by atoms with van der Waals surface area (Å²) in [5.41, 5.74) is 0.616. The molecule has 1 fully saturated rings. The molecule has 0 aromatic heterocycles. The molecule has 1 nitrogen and oxygen atoms in total. The summed E-state index contributed by atoms with van der Waals surface area (Å²) in [5.74, 6) is 0. The van der Waals surface area contributed by atoms with Crippen LogP contribution in [0.15, 0.2) is 0 Å². The lowest BCUT2D eigenvalue weighted by Gasteiger charge is -2.29. The highest BCUT2D eigenvalue weighted by molar-refractivity contribution is 4.75. The third kappa shape index (κ3) is 2.85. The normalized spacial score (nSPS) is 24.7. The molecule has 1 N–H and O–H groups in total. The number of hydrogen-bond acceptors (Lipinski definition) is 1.